The van der Waals surface area contributed by atoms with Gasteiger partial charge in [0.15, 0.2) is 22.4 Å². The summed E-state index contributed by atoms with van der Waals surface area (Å²) in [6, 6.07) is 10.9. The summed E-state index contributed by atoms with van der Waals surface area (Å²) in [5.74, 6) is -0.503. The van der Waals surface area contributed by atoms with Crippen molar-refractivity contribution in [3.63, 3.8) is 0 Å². The van der Waals surface area contributed by atoms with Crippen molar-refractivity contribution in [3.8, 4) is 11.5 Å². The molecule has 6 nitrogen and oxygen atoms in total. The molecule has 1 heterocycles. The van der Waals surface area contributed by atoms with Crippen molar-refractivity contribution in [2.45, 2.75) is 20.8 Å². The van der Waals surface area contributed by atoms with Crippen LogP contribution in [0.1, 0.15) is 23.6 Å². The first-order valence-electron chi connectivity index (χ1n) is 9.27. The van der Waals surface area contributed by atoms with Gasteiger partial charge in [-0.1, -0.05) is 42.2 Å². The van der Waals surface area contributed by atoms with Crippen LogP contribution in [0.4, 0.5) is 5.69 Å². The lowest BCUT2D eigenvalue weighted by molar-refractivity contribution is -0.139. The first kappa shape index (κ1) is 21.9. The van der Waals surface area contributed by atoms with Crippen LogP contribution in [0.25, 0.3) is 6.08 Å². The van der Waals surface area contributed by atoms with Gasteiger partial charge in [-0.25, -0.2) is 4.79 Å². The Balaban J connectivity index is 1.90. The number of rotatable bonds is 7. The Morgan fingerprint density at radius 2 is 1.97 bits per heavy atom. The number of aliphatic carboxylic acids is 1. The molecule has 0 atom stereocenters. The summed E-state index contributed by atoms with van der Waals surface area (Å²) in [5.41, 5.74) is 3.60. The predicted octanol–water partition coefficient (Wildman–Crippen LogP) is 4.57. The van der Waals surface area contributed by atoms with Crippen molar-refractivity contribution in [2.24, 2.45) is 0 Å². The lowest BCUT2D eigenvalue weighted by atomic mass is 10.1. The van der Waals surface area contributed by atoms with Crippen molar-refractivity contribution in [1.29, 1.82) is 0 Å². The highest BCUT2D eigenvalue weighted by atomic mass is 32.2. The first-order valence-corrected chi connectivity index (χ1v) is 10.5. The third-order valence-corrected chi connectivity index (χ3v) is 5.83. The molecule has 0 aromatic heterocycles. The van der Waals surface area contributed by atoms with Gasteiger partial charge in [0.1, 0.15) is 0 Å². The van der Waals surface area contributed by atoms with Gasteiger partial charge < -0.3 is 14.6 Å². The van der Waals surface area contributed by atoms with E-state index in [1.54, 1.807) is 29.2 Å². The van der Waals surface area contributed by atoms with Crippen LogP contribution in [-0.4, -0.2) is 34.5 Å². The van der Waals surface area contributed by atoms with E-state index < -0.39 is 12.6 Å². The summed E-state index contributed by atoms with van der Waals surface area (Å²) < 4.78 is 11.3. The van der Waals surface area contributed by atoms with E-state index in [1.165, 1.54) is 11.8 Å². The smallest absolute Gasteiger partial charge is 0.341 e. The SMILES string of the molecule is CCOc1cc(/C=C2/SC(=S)N(c3cccc(C)c3C)C2=O)ccc1OCC(=O)O. The van der Waals surface area contributed by atoms with E-state index in [2.05, 4.69) is 0 Å². The van der Waals surface area contributed by atoms with Crippen molar-refractivity contribution < 1.29 is 24.2 Å². The van der Waals surface area contributed by atoms with Crippen molar-refractivity contribution in [1.82, 2.24) is 0 Å². The molecule has 2 aromatic rings. The van der Waals surface area contributed by atoms with Crippen LogP contribution in [0.5, 0.6) is 11.5 Å². The van der Waals surface area contributed by atoms with Crippen LogP contribution < -0.4 is 14.4 Å². The number of thioether (sulfide) groups is 1. The minimum absolute atomic E-state index is 0.178. The number of benzene rings is 2. The van der Waals surface area contributed by atoms with E-state index in [0.29, 0.717) is 27.3 Å². The van der Waals surface area contributed by atoms with E-state index in [1.807, 2.05) is 39.0 Å². The van der Waals surface area contributed by atoms with Crippen LogP contribution in [-0.2, 0) is 9.59 Å². The maximum absolute atomic E-state index is 13.1. The Morgan fingerprint density at radius 3 is 2.67 bits per heavy atom. The Kier molecular flexibility index (Phi) is 6.79. The number of carboxylic acids is 1. The second-order valence-electron chi connectivity index (χ2n) is 6.56. The molecule has 1 amide bonds. The normalized spacial score (nSPS) is 15.0. The van der Waals surface area contributed by atoms with Gasteiger partial charge in [-0.2, -0.15) is 0 Å². The van der Waals surface area contributed by atoms with Crippen LogP contribution in [0.2, 0.25) is 0 Å². The molecule has 0 spiro atoms. The Labute approximate surface area is 184 Å². The second-order valence-corrected chi connectivity index (χ2v) is 8.23. The molecule has 0 bridgehead atoms. The molecule has 0 radical (unpaired) electrons. The number of ether oxygens (including phenoxy) is 2. The second kappa shape index (κ2) is 9.32. The molecule has 156 valence electrons. The van der Waals surface area contributed by atoms with Gasteiger partial charge in [0.05, 0.1) is 17.2 Å². The van der Waals surface area contributed by atoms with Gasteiger partial charge >= 0.3 is 5.97 Å². The average molecular weight is 444 g/mol. The molecular formula is C22H21NO5S2. The molecule has 0 unspecified atom stereocenters. The first-order chi connectivity index (χ1) is 14.3. The number of anilines is 1. The zero-order valence-electron chi connectivity index (χ0n) is 16.8. The molecule has 8 heteroatoms. The number of amides is 1. The van der Waals surface area contributed by atoms with Gasteiger partial charge in [-0.15, -0.1) is 0 Å². The average Bonchev–Trinajstić information content (AvgIpc) is 2.97. The van der Waals surface area contributed by atoms with E-state index >= 15 is 0 Å². The van der Waals surface area contributed by atoms with Crippen LogP contribution in [0.15, 0.2) is 41.3 Å². The summed E-state index contributed by atoms with van der Waals surface area (Å²) in [6.45, 7) is 5.71. The third-order valence-electron chi connectivity index (χ3n) is 4.53. The van der Waals surface area contributed by atoms with Gasteiger partial charge in [0, 0.05) is 0 Å². The van der Waals surface area contributed by atoms with E-state index in [-0.39, 0.29) is 5.91 Å². The van der Waals surface area contributed by atoms with Crippen molar-refractivity contribution in [3.05, 3.63) is 58.0 Å². The Bertz CT molecular complexity index is 1050. The topological polar surface area (TPSA) is 76.1 Å². The number of nitrogens with zero attached hydrogens (tertiary/aromatic N) is 1. The number of hydrogen-bond acceptors (Lipinski definition) is 6. The molecule has 0 saturated carbocycles. The molecule has 30 heavy (non-hydrogen) atoms. The number of thiocarbonyl (C=S) groups is 1. The van der Waals surface area contributed by atoms with Gasteiger partial charge in [0.25, 0.3) is 5.91 Å². The number of aryl methyl sites for hydroxylation is 1. The van der Waals surface area contributed by atoms with Gasteiger partial charge in [0.2, 0.25) is 0 Å². The minimum Gasteiger partial charge on any atom is -0.490 e. The lowest BCUT2D eigenvalue weighted by Gasteiger charge is -2.18. The molecule has 1 fully saturated rings. The highest BCUT2D eigenvalue weighted by molar-refractivity contribution is 8.27. The molecule has 2 aromatic carbocycles. The zero-order valence-corrected chi connectivity index (χ0v) is 18.4. The molecular weight excluding hydrogens is 422 g/mol. The Hall–Kier alpha value is -2.84. The standard InChI is InChI=1S/C22H21NO5S2/c1-4-27-18-10-15(8-9-17(18)28-12-20(24)25)11-19-21(26)23(22(29)30-19)16-7-5-6-13(2)14(16)3/h5-11H,4,12H2,1-3H3,(H,24,25)/b19-11+. The number of carbonyl (C=O) groups excluding carboxylic acids is 1. The van der Waals surface area contributed by atoms with Crippen LogP contribution >= 0.6 is 24.0 Å². The fourth-order valence-corrected chi connectivity index (χ4v) is 4.23. The highest BCUT2D eigenvalue weighted by Gasteiger charge is 2.34. The summed E-state index contributed by atoms with van der Waals surface area (Å²) in [6.07, 6.45) is 1.74. The summed E-state index contributed by atoms with van der Waals surface area (Å²) in [5, 5.41) is 8.82. The predicted molar refractivity (Wildman–Crippen MR) is 122 cm³/mol. The van der Waals surface area contributed by atoms with Crippen LogP contribution in [0.3, 0.4) is 0 Å². The fourth-order valence-electron chi connectivity index (χ4n) is 2.95. The van der Waals surface area contributed by atoms with Crippen molar-refractivity contribution in [2.75, 3.05) is 18.1 Å². The maximum Gasteiger partial charge on any atom is 0.341 e. The molecule has 1 aliphatic heterocycles. The van der Waals surface area contributed by atoms with Gasteiger partial charge in [-0.05, 0) is 61.7 Å². The summed E-state index contributed by atoms with van der Waals surface area (Å²) >= 11 is 6.71. The van der Waals surface area contributed by atoms with E-state index in [9.17, 15) is 9.59 Å². The third kappa shape index (κ3) is 4.66. The minimum atomic E-state index is -1.07. The highest BCUT2D eigenvalue weighted by Crippen LogP contribution is 2.38. The largest absolute Gasteiger partial charge is 0.490 e. The molecule has 3 rings (SSSR count). The number of carboxylic acid groups (broad SMARTS) is 1. The molecule has 1 saturated heterocycles. The summed E-state index contributed by atoms with van der Waals surface area (Å²) in [7, 11) is 0. The zero-order chi connectivity index (χ0) is 21.8. The number of carbonyl (C=O) groups is 2. The molecule has 1 aliphatic rings. The Morgan fingerprint density at radius 1 is 1.20 bits per heavy atom. The molecule has 0 aliphatic carbocycles. The maximum atomic E-state index is 13.1. The van der Waals surface area contributed by atoms with Gasteiger partial charge in [-0.3, -0.25) is 9.69 Å². The quantitative estimate of drug-likeness (QED) is 0.496. The number of hydrogen-bond donors (Lipinski definition) is 1. The van der Waals surface area contributed by atoms with E-state index in [0.717, 1.165) is 22.4 Å². The fraction of sp³-hybridized carbons (Fsp3) is 0.227. The van der Waals surface area contributed by atoms with E-state index in [4.69, 9.17) is 26.8 Å². The summed E-state index contributed by atoms with van der Waals surface area (Å²) in [4.78, 5) is 25.9. The van der Waals surface area contributed by atoms with Crippen LogP contribution in [0, 0.1) is 13.8 Å². The lowest BCUT2D eigenvalue weighted by Crippen LogP contribution is -2.28. The van der Waals surface area contributed by atoms with Crippen molar-refractivity contribution >= 4 is 51.9 Å². The molecule has 1 N–H and O–H groups in total. The monoisotopic (exact) mass is 443 g/mol.